The molecule has 5 heteroatoms. The summed E-state index contributed by atoms with van der Waals surface area (Å²) in [7, 11) is 1.61. The number of hydrogen-bond donors (Lipinski definition) is 0. The van der Waals surface area contributed by atoms with Gasteiger partial charge in [0.2, 0.25) is 0 Å². The van der Waals surface area contributed by atoms with Crippen LogP contribution < -0.4 is 9.64 Å². The molecule has 27 heavy (non-hydrogen) atoms. The Kier molecular flexibility index (Phi) is 4.42. The maximum atomic E-state index is 12.5. The number of benzene rings is 3. The number of nitrogens with zero attached hydrogens (tertiary/aromatic N) is 1. The first-order valence-electron chi connectivity index (χ1n) is 8.46. The number of carbonyl (C=O) groups excluding carboxylic acids is 2. The van der Waals surface area contributed by atoms with Gasteiger partial charge in [0.25, 0.3) is 11.7 Å². The molecular formula is C22H16ClNO3. The van der Waals surface area contributed by atoms with Gasteiger partial charge in [-0.05, 0) is 47.0 Å². The fourth-order valence-corrected chi connectivity index (χ4v) is 3.41. The minimum atomic E-state index is -0.531. The van der Waals surface area contributed by atoms with Crippen molar-refractivity contribution in [1.29, 1.82) is 0 Å². The minimum absolute atomic E-state index is 0.263. The molecule has 1 heterocycles. The van der Waals surface area contributed by atoms with Gasteiger partial charge in [-0.15, -0.1) is 0 Å². The molecule has 1 aliphatic rings. The molecule has 4 rings (SSSR count). The molecular weight excluding hydrogens is 362 g/mol. The quantitative estimate of drug-likeness (QED) is 0.617. The zero-order valence-electron chi connectivity index (χ0n) is 14.6. The monoisotopic (exact) mass is 377 g/mol. The van der Waals surface area contributed by atoms with Gasteiger partial charge in [-0.3, -0.25) is 9.59 Å². The lowest BCUT2D eigenvalue weighted by Crippen LogP contribution is -2.29. The number of ether oxygens (including phenoxy) is 1. The molecule has 0 radical (unpaired) electrons. The molecule has 0 unspecified atom stereocenters. The highest BCUT2D eigenvalue weighted by molar-refractivity contribution is 6.52. The van der Waals surface area contributed by atoms with Gasteiger partial charge >= 0.3 is 0 Å². The molecule has 3 aromatic rings. The van der Waals surface area contributed by atoms with Crippen molar-refractivity contribution in [2.45, 2.75) is 6.54 Å². The Bertz CT molecular complexity index is 1040. The first kappa shape index (κ1) is 17.3. The van der Waals surface area contributed by atoms with E-state index in [-0.39, 0.29) is 6.54 Å². The number of anilines is 1. The van der Waals surface area contributed by atoms with Gasteiger partial charge in [0.05, 0.1) is 24.9 Å². The number of carbonyl (C=O) groups is 2. The Morgan fingerprint density at radius 2 is 1.63 bits per heavy atom. The molecule has 0 aromatic heterocycles. The minimum Gasteiger partial charge on any atom is -0.497 e. The van der Waals surface area contributed by atoms with Gasteiger partial charge < -0.3 is 9.64 Å². The summed E-state index contributed by atoms with van der Waals surface area (Å²) in [5.74, 6) is -0.263. The zero-order valence-corrected chi connectivity index (χ0v) is 15.4. The number of halogens is 1. The summed E-state index contributed by atoms with van der Waals surface area (Å²) in [4.78, 5) is 26.5. The van der Waals surface area contributed by atoms with Crippen LogP contribution in [0.25, 0.3) is 11.1 Å². The van der Waals surface area contributed by atoms with Crippen molar-refractivity contribution in [2.24, 2.45) is 0 Å². The Balaban J connectivity index is 1.70. The Hall–Kier alpha value is -3.11. The average Bonchev–Trinajstić information content (AvgIpc) is 2.94. The van der Waals surface area contributed by atoms with Crippen LogP contribution in [0.2, 0.25) is 5.02 Å². The van der Waals surface area contributed by atoms with Crippen LogP contribution in [0.1, 0.15) is 15.9 Å². The third-order valence-electron chi connectivity index (χ3n) is 4.68. The van der Waals surface area contributed by atoms with E-state index in [0.29, 0.717) is 16.3 Å². The number of fused-ring (bicyclic) bond motifs is 1. The third-order valence-corrected chi connectivity index (χ3v) is 5.05. The van der Waals surface area contributed by atoms with Crippen LogP contribution in [0, 0.1) is 0 Å². The van der Waals surface area contributed by atoms with Crippen molar-refractivity contribution in [3.8, 4) is 16.9 Å². The topological polar surface area (TPSA) is 46.6 Å². The Morgan fingerprint density at radius 1 is 0.926 bits per heavy atom. The first-order valence-corrected chi connectivity index (χ1v) is 8.84. The molecule has 3 aromatic carbocycles. The highest BCUT2D eigenvalue weighted by atomic mass is 35.5. The largest absolute Gasteiger partial charge is 0.497 e. The lowest BCUT2D eigenvalue weighted by Gasteiger charge is -2.17. The van der Waals surface area contributed by atoms with E-state index in [9.17, 15) is 9.59 Å². The van der Waals surface area contributed by atoms with Gasteiger partial charge in [-0.1, -0.05) is 48.0 Å². The average molecular weight is 378 g/mol. The maximum Gasteiger partial charge on any atom is 0.299 e. The second kappa shape index (κ2) is 6.89. The van der Waals surface area contributed by atoms with E-state index in [1.807, 2.05) is 54.6 Å². The maximum absolute atomic E-state index is 12.5. The standard InChI is InChI=1S/C22H16ClNO3/c1-27-17-9-6-14(7-10-17)15-8-11-20-18(12-15)21(25)22(26)24(20)13-16-4-2-3-5-19(16)23/h2-12H,13H2,1H3. The van der Waals surface area contributed by atoms with Crippen molar-refractivity contribution in [2.75, 3.05) is 12.0 Å². The van der Waals surface area contributed by atoms with Crippen molar-refractivity contribution in [3.63, 3.8) is 0 Å². The van der Waals surface area contributed by atoms with E-state index < -0.39 is 11.7 Å². The van der Waals surface area contributed by atoms with Crippen LogP contribution in [0.15, 0.2) is 66.7 Å². The van der Waals surface area contributed by atoms with Crippen molar-refractivity contribution < 1.29 is 14.3 Å². The fraction of sp³-hybridized carbons (Fsp3) is 0.0909. The van der Waals surface area contributed by atoms with Gasteiger partial charge in [0.1, 0.15) is 5.75 Å². The summed E-state index contributed by atoms with van der Waals surface area (Å²) in [6.07, 6.45) is 0. The van der Waals surface area contributed by atoms with Gasteiger partial charge in [-0.2, -0.15) is 0 Å². The summed E-state index contributed by atoms with van der Waals surface area (Å²) in [6, 6.07) is 20.4. The Labute approximate surface area is 161 Å². The second-order valence-corrected chi connectivity index (χ2v) is 6.68. The highest BCUT2D eigenvalue weighted by Crippen LogP contribution is 2.35. The van der Waals surface area contributed by atoms with Crippen molar-refractivity contribution in [3.05, 3.63) is 82.9 Å². The molecule has 0 fully saturated rings. The zero-order chi connectivity index (χ0) is 19.0. The Morgan fingerprint density at radius 3 is 2.33 bits per heavy atom. The van der Waals surface area contributed by atoms with Crippen LogP contribution >= 0.6 is 11.6 Å². The molecule has 4 nitrogen and oxygen atoms in total. The SMILES string of the molecule is COc1ccc(-c2ccc3c(c2)C(=O)C(=O)N3Cc2ccccc2Cl)cc1. The van der Waals surface area contributed by atoms with Crippen molar-refractivity contribution in [1.82, 2.24) is 0 Å². The molecule has 1 aliphatic heterocycles. The first-order chi connectivity index (χ1) is 13.1. The smallest absolute Gasteiger partial charge is 0.299 e. The summed E-state index contributed by atoms with van der Waals surface area (Å²) in [5.41, 5.74) is 3.65. The lowest BCUT2D eigenvalue weighted by atomic mass is 10.0. The number of hydrogen-bond acceptors (Lipinski definition) is 3. The number of amides is 1. The normalized spacial score (nSPS) is 13.0. The number of rotatable bonds is 4. The third kappa shape index (κ3) is 3.09. The van der Waals surface area contributed by atoms with E-state index in [2.05, 4.69) is 0 Å². The van der Waals surface area contributed by atoms with Crippen LogP contribution in [0.4, 0.5) is 5.69 Å². The van der Waals surface area contributed by atoms with E-state index >= 15 is 0 Å². The summed E-state index contributed by atoms with van der Waals surface area (Å²) in [5, 5.41) is 0.570. The van der Waals surface area contributed by atoms with Crippen LogP contribution in [0.3, 0.4) is 0 Å². The van der Waals surface area contributed by atoms with Gasteiger partial charge in [-0.25, -0.2) is 0 Å². The van der Waals surface area contributed by atoms with Crippen molar-refractivity contribution >= 4 is 29.0 Å². The van der Waals surface area contributed by atoms with E-state index in [1.54, 1.807) is 19.2 Å². The summed E-state index contributed by atoms with van der Waals surface area (Å²) in [6.45, 7) is 0.263. The number of methoxy groups -OCH3 is 1. The molecule has 0 saturated carbocycles. The lowest BCUT2D eigenvalue weighted by molar-refractivity contribution is -0.114. The molecule has 134 valence electrons. The van der Waals surface area contributed by atoms with Gasteiger partial charge in [0.15, 0.2) is 0 Å². The predicted molar refractivity (Wildman–Crippen MR) is 105 cm³/mol. The molecule has 0 aliphatic carbocycles. The molecule has 0 bridgehead atoms. The summed E-state index contributed by atoms with van der Waals surface area (Å²) >= 11 is 6.21. The van der Waals surface area contributed by atoms with E-state index in [0.717, 1.165) is 22.4 Å². The molecule has 0 atom stereocenters. The fourth-order valence-electron chi connectivity index (χ4n) is 3.22. The molecule has 0 spiro atoms. The van der Waals surface area contributed by atoms with Crippen LogP contribution in [0.5, 0.6) is 5.75 Å². The van der Waals surface area contributed by atoms with E-state index in [4.69, 9.17) is 16.3 Å². The predicted octanol–water partition coefficient (Wildman–Crippen LogP) is 4.75. The number of ketones is 1. The highest BCUT2D eigenvalue weighted by Gasteiger charge is 2.36. The molecule has 0 saturated heterocycles. The van der Waals surface area contributed by atoms with Crippen LogP contribution in [-0.4, -0.2) is 18.8 Å². The van der Waals surface area contributed by atoms with Crippen LogP contribution in [-0.2, 0) is 11.3 Å². The summed E-state index contributed by atoms with van der Waals surface area (Å²) < 4.78 is 5.17. The molecule has 0 N–H and O–H groups in total. The van der Waals surface area contributed by atoms with E-state index in [1.165, 1.54) is 4.90 Å². The van der Waals surface area contributed by atoms with Gasteiger partial charge in [0, 0.05) is 5.02 Å². The number of Topliss-reactive ketones (excluding diaryl/α,β-unsaturated/α-hetero) is 1. The second-order valence-electron chi connectivity index (χ2n) is 6.27. The molecule has 1 amide bonds.